The zero-order valence-corrected chi connectivity index (χ0v) is 11.0. The minimum Gasteiger partial charge on any atom is -0.286 e. The van der Waals surface area contributed by atoms with Crippen LogP contribution in [0.1, 0.15) is 17.0 Å². The maximum atomic E-state index is 13.8. The second-order valence-corrected chi connectivity index (χ2v) is 4.66. The zero-order valence-electron chi connectivity index (χ0n) is 10.2. The molecule has 0 aliphatic rings. The van der Waals surface area contributed by atoms with E-state index >= 15 is 0 Å². The highest BCUT2D eigenvalue weighted by atomic mass is 35.5. The molecular weight excluding hydrogens is 279 g/mol. The molecule has 2 aromatic heterocycles. The first-order chi connectivity index (χ1) is 9.69. The van der Waals surface area contributed by atoms with Crippen molar-refractivity contribution in [3.63, 3.8) is 0 Å². The third-order valence-corrected chi connectivity index (χ3v) is 3.36. The summed E-state index contributed by atoms with van der Waals surface area (Å²) < 4.78 is 15.5. The molecule has 0 atom stereocenters. The molecule has 6 heteroatoms. The molecule has 0 unspecified atom stereocenters. The Kier molecular flexibility index (Phi) is 3.09. The lowest BCUT2D eigenvalue weighted by atomic mass is 10.1. The molecule has 0 N–H and O–H groups in total. The minimum absolute atomic E-state index is 0.235. The van der Waals surface area contributed by atoms with Crippen LogP contribution in [0, 0.1) is 17.1 Å². The van der Waals surface area contributed by atoms with Crippen LogP contribution in [0.15, 0.2) is 36.5 Å². The number of aromatic nitrogens is 3. The molecular formula is C14H8ClFN4. The summed E-state index contributed by atoms with van der Waals surface area (Å²) in [5, 5.41) is 17.2. The van der Waals surface area contributed by atoms with Crippen molar-refractivity contribution in [1.82, 2.24) is 14.6 Å². The van der Waals surface area contributed by atoms with Gasteiger partial charge in [-0.25, -0.2) is 4.39 Å². The molecule has 3 rings (SSSR count). The number of nitriles is 1. The molecule has 0 saturated carbocycles. The third-order valence-electron chi connectivity index (χ3n) is 3.01. The predicted octanol–water partition coefficient (Wildman–Crippen LogP) is 2.98. The molecule has 2 heterocycles. The Morgan fingerprint density at radius 1 is 1.30 bits per heavy atom. The smallest absolute Gasteiger partial charge is 0.162 e. The summed E-state index contributed by atoms with van der Waals surface area (Å²) in [7, 11) is 0. The minimum atomic E-state index is -0.372. The van der Waals surface area contributed by atoms with Gasteiger partial charge in [-0.2, -0.15) is 5.26 Å². The summed E-state index contributed by atoms with van der Waals surface area (Å²) in [6.45, 7) is 0. The monoisotopic (exact) mass is 286 g/mol. The van der Waals surface area contributed by atoms with E-state index in [1.807, 2.05) is 6.07 Å². The SMILES string of the molecule is N#Cc1ccn2c(Cc3c(F)cccc3Cl)nnc2c1. The highest BCUT2D eigenvalue weighted by molar-refractivity contribution is 6.31. The van der Waals surface area contributed by atoms with Gasteiger partial charge in [0.1, 0.15) is 11.6 Å². The van der Waals surface area contributed by atoms with E-state index in [-0.39, 0.29) is 12.2 Å². The summed E-state index contributed by atoms with van der Waals surface area (Å²) in [5.74, 6) is 0.194. The zero-order chi connectivity index (χ0) is 14.1. The Hall–Kier alpha value is -2.45. The maximum absolute atomic E-state index is 13.8. The summed E-state index contributed by atoms with van der Waals surface area (Å²) in [6, 6.07) is 9.87. The number of hydrogen-bond acceptors (Lipinski definition) is 3. The van der Waals surface area contributed by atoms with E-state index in [1.165, 1.54) is 6.07 Å². The fraction of sp³-hybridized carbons (Fsp3) is 0.0714. The molecule has 20 heavy (non-hydrogen) atoms. The van der Waals surface area contributed by atoms with Crippen LogP contribution in [0.4, 0.5) is 4.39 Å². The molecule has 0 aliphatic heterocycles. The molecule has 98 valence electrons. The Labute approximate surface area is 119 Å². The summed E-state index contributed by atoms with van der Waals surface area (Å²) in [5.41, 5.74) is 1.43. The number of halogens is 2. The van der Waals surface area contributed by atoms with Crippen LogP contribution in [0.25, 0.3) is 5.65 Å². The van der Waals surface area contributed by atoms with Gasteiger partial charge in [-0.1, -0.05) is 17.7 Å². The third kappa shape index (κ3) is 2.10. The number of fused-ring (bicyclic) bond motifs is 1. The summed E-state index contributed by atoms with van der Waals surface area (Å²) in [6.07, 6.45) is 1.93. The van der Waals surface area contributed by atoms with Gasteiger partial charge in [0, 0.05) is 29.3 Å². The molecule has 4 nitrogen and oxygen atoms in total. The van der Waals surface area contributed by atoms with Gasteiger partial charge in [0.15, 0.2) is 5.65 Å². The first-order valence-corrected chi connectivity index (χ1v) is 6.23. The van der Waals surface area contributed by atoms with Crippen molar-refractivity contribution in [2.75, 3.05) is 0 Å². The number of pyridine rings is 1. The van der Waals surface area contributed by atoms with Crippen LogP contribution >= 0.6 is 11.6 Å². The van der Waals surface area contributed by atoms with Crippen LogP contribution in [0.2, 0.25) is 5.02 Å². The first-order valence-electron chi connectivity index (χ1n) is 5.85. The van der Waals surface area contributed by atoms with Crippen LogP contribution in [-0.4, -0.2) is 14.6 Å². The van der Waals surface area contributed by atoms with Gasteiger partial charge >= 0.3 is 0 Å². The van der Waals surface area contributed by atoms with Crippen molar-refractivity contribution in [2.45, 2.75) is 6.42 Å². The van der Waals surface area contributed by atoms with Crippen LogP contribution in [0.5, 0.6) is 0 Å². The highest BCUT2D eigenvalue weighted by Gasteiger charge is 2.12. The highest BCUT2D eigenvalue weighted by Crippen LogP contribution is 2.22. The van der Waals surface area contributed by atoms with Gasteiger partial charge in [0.2, 0.25) is 0 Å². The van der Waals surface area contributed by atoms with Gasteiger partial charge in [-0.3, -0.25) is 4.40 Å². The van der Waals surface area contributed by atoms with Crippen molar-refractivity contribution in [3.8, 4) is 6.07 Å². The number of rotatable bonds is 2. The van der Waals surface area contributed by atoms with Gasteiger partial charge < -0.3 is 0 Å². The van der Waals surface area contributed by atoms with Crippen LogP contribution in [0.3, 0.4) is 0 Å². The van der Waals surface area contributed by atoms with Crippen LogP contribution < -0.4 is 0 Å². The molecule has 0 spiro atoms. The van der Waals surface area contributed by atoms with Crippen molar-refractivity contribution in [3.05, 3.63) is 64.3 Å². The van der Waals surface area contributed by atoms with Crippen molar-refractivity contribution in [2.24, 2.45) is 0 Å². The molecule has 3 aromatic rings. The predicted molar refractivity (Wildman–Crippen MR) is 71.9 cm³/mol. The Morgan fingerprint density at radius 3 is 2.90 bits per heavy atom. The largest absolute Gasteiger partial charge is 0.286 e. The van der Waals surface area contributed by atoms with E-state index in [4.69, 9.17) is 16.9 Å². The molecule has 0 radical (unpaired) electrons. The summed E-state index contributed by atoms with van der Waals surface area (Å²) >= 11 is 6.00. The molecule has 0 fully saturated rings. The lowest BCUT2D eigenvalue weighted by molar-refractivity contribution is 0.612. The molecule has 0 amide bonds. The second-order valence-electron chi connectivity index (χ2n) is 4.25. The van der Waals surface area contributed by atoms with E-state index in [9.17, 15) is 4.39 Å². The van der Waals surface area contributed by atoms with E-state index in [1.54, 1.807) is 34.9 Å². The standard InChI is InChI=1S/C14H8ClFN4/c15-11-2-1-3-12(16)10(11)7-14-19-18-13-6-9(8-17)4-5-20(13)14/h1-6H,7H2. The summed E-state index contributed by atoms with van der Waals surface area (Å²) in [4.78, 5) is 0. The van der Waals surface area contributed by atoms with E-state index in [2.05, 4.69) is 10.2 Å². The average molecular weight is 287 g/mol. The Balaban J connectivity index is 2.06. The van der Waals surface area contributed by atoms with E-state index in [0.29, 0.717) is 27.6 Å². The number of hydrogen-bond donors (Lipinski definition) is 0. The molecule has 0 aliphatic carbocycles. The van der Waals surface area contributed by atoms with Gasteiger partial charge in [-0.05, 0) is 18.2 Å². The Bertz CT molecular complexity index is 815. The Morgan fingerprint density at radius 2 is 2.15 bits per heavy atom. The lowest BCUT2D eigenvalue weighted by Crippen LogP contribution is -1.99. The van der Waals surface area contributed by atoms with Crippen LogP contribution in [-0.2, 0) is 6.42 Å². The molecule has 0 bridgehead atoms. The second kappa shape index (κ2) is 4.91. The van der Waals surface area contributed by atoms with E-state index < -0.39 is 0 Å². The fourth-order valence-electron chi connectivity index (χ4n) is 1.99. The number of nitrogens with zero attached hydrogens (tertiary/aromatic N) is 4. The normalized spacial score (nSPS) is 10.7. The van der Waals surface area contributed by atoms with Crippen molar-refractivity contribution in [1.29, 1.82) is 5.26 Å². The first kappa shape index (κ1) is 12.6. The molecule has 0 saturated heterocycles. The number of benzene rings is 1. The lowest BCUT2D eigenvalue weighted by Gasteiger charge is -2.04. The average Bonchev–Trinajstić information content (AvgIpc) is 2.85. The van der Waals surface area contributed by atoms with Gasteiger partial charge in [0.25, 0.3) is 0 Å². The fourth-order valence-corrected chi connectivity index (χ4v) is 2.22. The van der Waals surface area contributed by atoms with E-state index in [0.717, 1.165) is 0 Å². The topological polar surface area (TPSA) is 54.0 Å². The quantitative estimate of drug-likeness (QED) is 0.728. The molecule has 1 aromatic carbocycles. The van der Waals surface area contributed by atoms with Gasteiger partial charge in [-0.15, -0.1) is 10.2 Å². The maximum Gasteiger partial charge on any atom is 0.162 e. The van der Waals surface area contributed by atoms with Crippen molar-refractivity contribution < 1.29 is 4.39 Å². The van der Waals surface area contributed by atoms with Gasteiger partial charge in [0.05, 0.1) is 11.6 Å². The van der Waals surface area contributed by atoms with Crippen molar-refractivity contribution >= 4 is 17.2 Å².